The molecule has 42 heavy (non-hydrogen) atoms. The minimum absolute atomic E-state index is 0.132. The Morgan fingerprint density at radius 3 is 2.52 bits per heavy atom. The maximum Gasteiger partial charge on any atom is 0.265 e. The number of nitrogens with zero attached hydrogens (tertiary/aromatic N) is 1. The van der Waals surface area contributed by atoms with Gasteiger partial charge in [-0.2, -0.15) is 0 Å². The molecule has 4 aliphatic rings. The van der Waals surface area contributed by atoms with Gasteiger partial charge in [-0.15, -0.1) is 0 Å². The molecule has 7 nitrogen and oxygen atoms in total. The average molecular weight is 624 g/mol. The number of fused-ring (bicyclic) bond motifs is 4. The Hall–Kier alpha value is -4.14. The normalized spacial score (nSPS) is 28.5. The molecule has 0 bridgehead atoms. The number of rotatable bonds is 4. The summed E-state index contributed by atoms with van der Waals surface area (Å²) in [4.78, 5) is 30.2. The second-order valence-corrected chi connectivity index (χ2v) is 12.2. The van der Waals surface area contributed by atoms with Crippen LogP contribution in [0.3, 0.4) is 0 Å². The van der Waals surface area contributed by atoms with Crippen LogP contribution >= 0.6 is 15.9 Å². The lowest BCUT2D eigenvalue weighted by atomic mass is 9.65. The number of methoxy groups -OCH3 is 1. The Bertz CT molecular complexity index is 1740. The number of carbonyl (C=O) groups excluding carboxylic acids is 2. The van der Waals surface area contributed by atoms with Gasteiger partial charge in [-0.05, 0) is 47.5 Å². The van der Waals surface area contributed by atoms with E-state index in [1.54, 1.807) is 7.11 Å². The Labute approximate surface area is 251 Å². The van der Waals surface area contributed by atoms with E-state index >= 15 is 4.79 Å². The number of para-hydroxylation sites is 1. The molecule has 1 N–H and O–H groups in total. The summed E-state index contributed by atoms with van der Waals surface area (Å²) in [6.07, 6.45) is -1.06. The van der Waals surface area contributed by atoms with Crippen LogP contribution in [-0.2, 0) is 26.5 Å². The number of benzene rings is 4. The highest BCUT2D eigenvalue weighted by atomic mass is 79.9. The van der Waals surface area contributed by atoms with Gasteiger partial charge >= 0.3 is 0 Å². The van der Waals surface area contributed by atoms with Crippen LogP contribution in [0.15, 0.2) is 102 Å². The van der Waals surface area contributed by atoms with Gasteiger partial charge in [-0.1, -0.05) is 76.6 Å². The van der Waals surface area contributed by atoms with Gasteiger partial charge in [0.05, 0.1) is 31.7 Å². The van der Waals surface area contributed by atoms with E-state index in [0.717, 1.165) is 32.4 Å². The first-order valence-corrected chi connectivity index (χ1v) is 14.8. The molecule has 2 fully saturated rings. The fourth-order valence-corrected chi connectivity index (χ4v) is 7.81. The Balaban J connectivity index is 1.40. The Morgan fingerprint density at radius 2 is 1.74 bits per heavy atom. The average Bonchev–Trinajstić information content (AvgIpc) is 3.59. The van der Waals surface area contributed by atoms with E-state index in [1.165, 1.54) is 0 Å². The van der Waals surface area contributed by atoms with Crippen molar-refractivity contribution in [3.8, 4) is 11.5 Å². The van der Waals surface area contributed by atoms with Crippen molar-refractivity contribution in [1.29, 1.82) is 0 Å². The fraction of sp³-hybridized carbons (Fsp3) is 0.235. The standard InChI is InChI=1S/C34H27BrN2O5/c1-40-23-15-16-27-24(17-23)31-33(28(41-27)18-29(38)36-33)30(21-11-13-22(35)14-12-21)34(42-31)25-9-5-6-10-26(25)37(32(34)39)19-20-7-3-2-4-8-20/h2-17,28,30-31H,18-19H2,1H3,(H,36,38)/t28-,30+,31+,33-,34-/m1/s1. The van der Waals surface area contributed by atoms with Gasteiger partial charge in [-0.25, -0.2) is 0 Å². The number of hydrogen-bond donors (Lipinski definition) is 1. The van der Waals surface area contributed by atoms with Crippen LogP contribution in [0.25, 0.3) is 0 Å². The van der Waals surface area contributed by atoms with Gasteiger partial charge in [0.15, 0.2) is 5.60 Å². The minimum atomic E-state index is -1.42. The van der Waals surface area contributed by atoms with Gasteiger partial charge in [-0.3, -0.25) is 9.59 Å². The van der Waals surface area contributed by atoms with Crippen molar-refractivity contribution < 1.29 is 23.8 Å². The van der Waals surface area contributed by atoms with Crippen molar-refractivity contribution in [1.82, 2.24) is 5.32 Å². The van der Waals surface area contributed by atoms with Gasteiger partial charge < -0.3 is 24.4 Å². The van der Waals surface area contributed by atoms with Crippen LogP contribution in [0.4, 0.5) is 5.69 Å². The predicted molar refractivity (Wildman–Crippen MR) is 159 cm³/mol. The monoisotopic (exact) mass is 622 g/mol. The molecule has 2 amide bonds. The molecule has 0 radical (unpaired) electrons. The van der Waals surface area contributed by atoms with Crippen LogP contribution < -0.4 is 19.7 Å². The summed E-state index contributed by atoms with van der Waals surface area (Å²) in [5.74, 6) is 0.391. The third-order valence-corrected chi connectivity index (χ3v) is 9.72. The molecule has 210 valence electrons. The highest BCUT2D eigenvalue weighted by Gasteiger charge is 2.77. The number of amides is 2. The summed E-state index contributed by atoms with van der Waals surface area (Å²) in [6, 6.07) is 31.3. The maximum absolute atomic E-state index is 15.1. The number of hydrogen-bond acceptors (Lipinski definition) is 5. The molecule has 0 aromatic heterocycles. The lowest BCUT2D eigenvalue weighted by Gasteiger charge is -2.44. The number of ether oxygens (including phenoxy) is 3. The number of carbonyl (C=O) groups is 2. The molecule has 0 unspecified atom stereocenters. The number of halogens is 1. The van der Waals surface area contributed by atoms with Crippen molar-refractivity contribution in [2.75, 3.05) is 12.0 Å². The SMILES string of the molecule is COc1ccc2c(c1)[C@@H]1O[C@@]3(C(=O)N(Cc4ccccc4)c4ccccc43)[C@@H](c3ccc(Br)cc3)[C@@]13NC(=O)C[C@H]3O2. The lowest BCUT2D eigenvalue weighted by molar-refractivity contribution is -0.144. The Morgan fingerprint density at radius 1 is 0.976 bits per heavy atom. The zero-order valence-corrected chi connectivity index (χ0v) is 24.3. The summed E-state index contributed by atoms with van der Waals surface area (Å²) >= 11 is 3.57. The highest BCUT2D eigenvalue weighted by Crippen LogP contribution is 2.68. The zero-order chi connectivity index (χ0) is 28.6. The molecule has 4 aliphatic heterocycles. The van der Waals surface area contributed by atoms with Crippen LogP contribution in [0.2, 0.25) is 0 Å². The van der Waals surface area contributed by atoms with Crippen molar-refractivity contribution in [3.05, 3.63) is 124 Å². The largest absolute Gasteiger partial charge is 0.497 e. The van der Waals surface area contributed by atoms with Crippen LogP contribution in [-0.4, -0.2) is 30.6 Å². The van der Waals surface area contributed by atoms with E-state index in [4.69, 9.17) is 14.2 Å². The molecule has 5 atom stereocenters. The summed E-state index contributed by atoms with van der Waals surface area (Å²) in [6.45, 7) is 0.392. The topological polar surface area (TPSA) is 77.1 Å². The summed E-state index contributed by atoms with van der Waals surface area (Å²) in [7, 11) is 1.61. The summed E-state index contributed by atoms with van der Waals surface area (Å²) < 4.78 is 20.3. The molecule has 4 heterocycles. The van der Waals surface area contributed by atoms with Crippen LogP contribution in [0.1, 0.15) is 40.7 Å². The fourth-order valence-electron chi connectivity index (χ4n) is 7.55. The highest BCUT2D eigenvalue weighted by molar-refractivity contribution is 9.10. The second-order valence-electron chi connectivity index (χ2n) is 11.3. The number of nitrogens with one attached hydrogen (secondary N) is 1. The smallest absolute Gasteiger partial charge is 0.265 e. The lowest BCUT2D eigenvalue weighted by Crippen LogP contribution is -2.60. The van der Waals surface area contributed by atoms with E-state index in [9.17, 15) is 4.79 Å². The zero-order valence-electron chi connectivity index (χ0n) is 22.8. The second kappa shape index (κ2) is 9.18. The van der Waals surface area contributed by atoms with Gasteiger partial charge in [0, 0.05) is 15.6 Å². The van der Waals surface area contributed by atoms with Crippen molar-refractivity contribution >= 4 is 33.4 Å². The minimum Gasteiger partial charge on any atom is -0.497 e. The maximum atomic E-state index is 15.1. The van der Waals surface area contributed by atoms with Crippen molar-refractivity contribution in [3.63, 3.8) is 0 Å². The quantitative estimate of drug-likeness (QED) is 0.312. The Kier molecular flexibility index (Phi) is 5.59. The van der Waals surface area contributed by atoms with E-state index < -0.39 is 29.3 Å². The summed E-state index contributed by atoms with van der Waals surface area (Å²) in [5.41, 5.74) is 1.76. The molecule has 0 saturated carbocycles. The third kappa shape index (κ3) is 3.36. The molecule has 2 spiro atoms. The first-order valence-electron chi connectivity index (χ1n) is 14.0. The molecule has 2 saturated heterocycles. The van der Waals surface area contributed by atoms with Gasteiger partial charge in [0.1, 0.15) is 29.2 Å². The van der Waals surface area contributed by atoms with Gasteiger partial charge in [0.25, 0.3) is 5.91 Å². The molecule has 0 aliphatic carbocycles. The van der Waals surface area contributed by atoms with E-state index in [-0.39, 0.29) is 18.2 Å². The van der Waals surface area contributed by atoms with Crippen LogP contribution in [0, 0.1) is 0 Å². The molecular weight excluding hydrogens is 596 g/mol. The van der Waals surface area contributed by atoms with Gasteiger partial charge in [0.2, 0.25) is 5.91 Å². The first-order chi connectivity index (χ1) is 20.5. The molecular formula is C34H27BrN2O5. The van der Waals surface area contributed by atoms with E-state index in [0.29, 0.717) is 18.0 Å². The van der Waals surface area contributed by atoms with Crippen molar-refractivity contribution in [2.45, 2.75) is 42.2 Å². The third-order valence-electron chi connectivity index (χ3n) is 9.19. The molecule has 8 heteroatoms. The van der Waals surface area contributed by atoms with E-state index in [1.807, 2.05) is 102 Å². The summed E-state index contributed by atoms with van der Waals surface area (Å²) in [5, 5.41) is 3.33. The van der Waals surface area contributed by atoms with E-state index in [2.05, 4.69) is 21.2 Å². The predicted octanol–water partition coefficient (Wildman–Crippen LogP) is 5.77. The molecule has 8 rings (SSSR count). The molecule has 4 aromatic rings. The number of anilines is 1. The first kappa shape index (κ1) is 25.6. The van der Waals surface area contributed by atoms with Crippen LogP contribution in [0.5, 0.6) is 11.5 Å². The van der Waals surface area contributed by atoms with Crippen molar-refractivity contribution in [2.24, 2.45) is 0 Å². The molecule has 4 aromatic carbocycles.